The van der Waals surface area contributed by atoms with Crippen LogP contribution in [-0.2, 0) is 22.4 Å². The molecule has 0 aliphatic carbocycles. The number of fused-ring (bicyclic) bond motifs is 1. The number of pyridine rings is 1. The Bertz CT molecular complexity index is 1440. The molecule has 1 amide bonds. The molecule has 12 heteroatoms. The molecule has 3 aromatic rings. The van der Waals surface area contributed by atoms with Crippen molar-refractivity contribution in [2.24, 2.45) is 11.5 Å². The van der Waals surface area contributed by atoms with Gasteiger partial charge in [0.05, 0.1) is 22.3 Å². The zero-order valence-electron chi connectivity index (χ0n) is 23.0. The zero-order chi connectivity index (χ0) is 28.8. The van der Waals surface area contributed by atoms with Gasteiger partial charge in [-0.25, -0.2) is 14.8 Å². The van der Waals surface area contributed by atoms with Crippen LogP contribution in [0.15, 0.2) is 34.6 Å². The maximum absolute atomic E-state index is 13.5. The molecular weight excluding hydrogens is 530 g/mol. The number of carboxylic acid groups (broad SMARTS) is 1. The molecular formula is C28H37N7O4S. The Morgan fingerprint density at radius 2 is 1.93 bits per heavy atom. The summed E-state index contributed by atoms with van der Waals surface area (Å²) in [5, 5.41) is 12.4. The van der Waals surface area contributed by atoms with Gasteiger partial charge in [0.2, 0.25) is 5.91 Å². The van der Waals surface area contributed by atoms with Gasteiger partial charge in [-0.2, -0.15) is 0 Å². The molecule has 0 aromatic carbocycles. The van der Waals surface area contributed by atoms with Crippen molar-refractivity contribution < 1.29 is 14.7 Å². The van der Waals surface area contributed by atoms with Crippen LogP contribution in [0, 0.1) is 0 Å². The first-order valence-corrected chi connectivity index (χ1v) is 14.5. The van der Waals surface area contributed by atoms with Gasteiger partial charge in [-0.3, -0.25) is 14.0 Å². The number of nitrogens with two attached hydrogens (primary N) is 2. The lowest BCUT2D eigenvalue weighted by Crippen LogP contribution is -2.53. The highest BCUT2D eigenvalue weighted by molar-refractivity contribution is 7.09. The fourth-order valence-corrected chi connectivity index (χ4v) is 5.63. The molecule has 1 aliphatic rings. The predicted molar refractivity (Wildman–Crippen MR) is 157 cm³/mol. The molecule has 4 heterocycles. The summed E-state index contributed by atoms with van der Waals surface area (Å²) in [7, 11) is 0. The van der Waals surface area contributed by atoms with Crippen molar-refractivity contribution in [3.05, 3.63) is 62.0 Å². The van der Waals surface area contributed by atoms with E-state index in [4.69, 9.17) is 21.4 Å². The largest absolute Gasteiger partial charge is 0.478 e. The van der Waals surface area contributed by atoms with E-state index in [1.54, 1.807) is 22.4 Å². The molecule has 1 atom stereocenters. The summed E-state index contributed by atoms with van der Waals surface area (Å²) < 4.78 is 1.44. The number of thiazole rings is 1. The number of carbonyl (C=O) groups excluding carboxylic acids is 1. The summed E-state index contributed by atoms with van der Waals surface area (Å²) in [6.45, 7) is 6.45. The van der Waals surface area contributed by atoms with Crippen LogP contribution in [0.3, 0.4) is 0 Å². The molecule has 214 valence electrons. The Morgan fingerprint density at radius 3 is 2.58 bits per heavy atom. The van der Waals surface area contributed by atoms with Crippen LogP contribution >= 0.6 is 11.3 Å². The van der Waals surface area contributed by atoms with Crippen molar-refractivity contribution in [1.29, 1.82) is 0 Å². The highest BCUT2D eigenvalue weighted by Gasteiger charge is 2.27. The molecule has 0 unspecified atom stereocenters. The molecule has 4 rings (SSSR count). The summed E-state index contributed by atoms with van der Waals surface area (Å²) in [5.74, 6) is -0.482. The van der Waals surface area contributed by atoms with E-state index >= 15 is 0 Å². The first kappa shape index (κ1) is 29.4. The maximum Gasteiger partial charge on any atom is 0.328 e. The van der Waals surface area contributed by atoms with Crippen LogP contribution in [0.5, 0.6) is 0 Å². The molecule has 1 aliphatic heterocycles. The standard InChI is InChI=1S/C28H37N7O4S/c1-18(2)22-17-40-24(31-22)7-5-19-9-11-35-23(16-19)32-26(20(27(35)38)6-8-25(36)37)33-12-14-34(15-13-33)28(39)21(30)4-3-10-29/h6,8-9,11,16-18,21H,3-5,7,10,12-15,29-30H2,1-2H3,(H,36,37)/b8-6+/t21-/m1/s1. The summed E-state index contributed by atoms with van der Waals surface area (Å²) in [6, 6.07) is 3.19. The van der Waals surface area contributed by atoms with Gasteiger partial charge < -0.3 is 26.4 Å². The van der Waals surface area contributed by atoms with Crippen molar-refractivity contribution in [3.8, 4) is 0 Å². The number of aromatic nitrogens is 3. The van der Waals surface area contributed by atoms with Crippen LogP contribution < -0.4 is 21.9 Å². The minimum atomic E-state index is -1.16. The first-order valence-electron chi connectivity index (χ1n) is 13.6. The van der Waals surface area contributed by atoms with Crippen molar-refractivity contribution in [3.63, 3.8) is 0 Å². The predicted octanol–water partition coefficient (Wildman–Crippen LogP) is 1.87. The third-order valence-corrected chi connectivity index (χ3v) is 7.94. The van der Waals surface area contributed by atoms with E-state index in [9.17, 15) is 19.5 Å². The third kappa shape index (κ3) is 6.93. The Hall–Kier alpha value is -3.61. The Balaban J connectivity index is 1.58. The number of rotatable bonds is 11. The van der Waals surface area contributed by atoms with Crippen LogP contribution in [0.4, 0.5) is 5.82 Å². The molecule has 40 heavy (non-hydrogen) atoms. The van der Waals surface area contributed by atoms with Crippen molar-refractivity contribution >= 4 is 40.8 Å². The molecule has 0 spiro atoms. The van der Waals surface area contributed by atoms with Gasteiger partial charge in [0, 0.05) is 50.3 Å². The summed E-state index contributed by atoms with van der Waals surface area (Å²) in [4.78, 5) is 50.7. The second kappa shape index (κ2) is 13.2. The fourth-order valence-electron chi connectivity index (χ4n) is 4.67. The Kier molecular flexibility index (Phi) is 9.67. The smallest absolute Gasteiger partial charge is 0.328 e. The lowest BCUT2D eigenvalue weighted by molar-refractivity contribution is -0.133. The number of nitrogens with zero attached hydrogens (tertiary/aromatic N) is 5. The number of piperazine rings is 1. The lowest BCUT2D eigenvalue weighted by Gasteiger charge is -2.37. The van der Waals surface area contributed by atoms with Crippen molar-refractivity contribution in [1.82, 2.24) is 19.3 Å². The molecule has 0 saturated carbocycles. The molecule has 0 bridgehead atoms. The van der Waals surface area contributed by atoms with E-state index in [-0.39, 0.29) is 17.0 Å². The van der Waals surface area contributed by atoms with Crippen LogP contribution in [0.1, 0.15) is 54.4 Å². The van der Waals surface area contributed by atoms with Crippen molar-refractivity contribution in [2.75, 3.05) is 37.6 Å². The maximum atomic E-state index is 13.5. The van der Waals surface area contributed by atoms with E-state index < -0.39 is 12.0 Å². The molecule has 1 saturated heterocycles. The van der Waals surface area contributed by atoms with E-state index in [1.165, 1.54) is 10.5 Å². The minimum Gasteiger partial charge on any atom is -0.478 e. The normalized spacial score (nSPS) is 14.9. The van der Waals surface area contributed by atoms with Gasteiger partial charge >= 0.3 is 5.97 Å². The van der Waals surface area contributed by atoms with Crippen LogP contribution in [0.25, 0.3) is 11.7 Å². The van der Waals surface area contributed by atoms with Gasteiger partial charge in [0.25, 0.3) is 5.56 Å². The lowest BCUT2D eigenvalue weighted by atomic mass is 10.1. The van der Waals surface area contributed by atoms with E-state index in [0.717, 1.165) is 35.2 Å². The molecule has 3 aromatic heterocycles. The van der Waals surface area contributed by atoms with E-state index in [1.807, 2.05) is 17.0 Å². The number of aryl methyl sites for hydroxylation is 2. The highest BCUT2D eigenvalue weighted by Crippen LogP contribution is 2.22. The van der Waals surface area contributed by atoms with Crippen LogP contribution in [0.2, 0.25) is 0 Å². The van der Waals surface area contributed by atoms with Crippen LogP contribution in [-0.4, -0.2) is 75.0 Å². The number of amides is 1. The second-order valence-corrected chi connectivity index (χ2v) is 11.2. The number of anilines is 1. The van der Waals surface area contributed by atoms with Gasteiger partial charge in [0.1, 0.15) is 11.5 Å². The number of hydrogen-bond donors (Lipinski definition) is 3. The fraction of sp³-hybridized carbons (Fsp3) is 0.464. The SMILES string of the molecule is CC(C)c1csc(CCc2ccn3c(=O)c(/C=C/C(=O)O)c(N4CCN(C(=O)[C@H](N)CCCN)CC4)nc3c2)n1. The average molecular weight is 568 g/mol. The molecule has 5 N–H and O–H groups in total. The number of carbonyl (C=O) groups is 2. The molecule has 0 radical (unpaired) electrons. The first-order chi connectivity index (χ1) is 19.2. The summed E-state index contributed by atoms with van der Waals surface area (Å²) >= 11 is 1.66. The number of hydrogen-bond acceptors (Lipinski definition) is 9. The van der Waals surface area contributed by atoms with Gasteiger partial charge in [-0.05, 0) is 55.5 Å². The minimum absolute atomic E-state index is 0.115. The second-order valence-electron chi connectivity index (χ2n) is 10.3. The Morgan fingerprint density at radius 1 is 1.18 bits per heavy atom. The number of aliphatic carboxylic acids is 1. The number of carboxylic acids is 1. The molecule has 1 fully saturated rings. The topological polar surface area (TPSA) is 160 Å². The highest BCUT2D eigenvalue weighted by atomic mass is 32.1. The summed E-state index contributed by atoms with van der Waals surface area (Å²) in [5.41, 5.74) is 14.0. The van der Waals surface area contributed by atoms with Gasteiger partial charge in [-0.15, -0.1) is 11.3 Å². The monoisotopic (exact) mass is 567 g/mol. The quantitative estimate of drug-likeness (QED) is 0.294. The summed E-state index contributed by atoms with van der Waals surface area (Å²) in [6.07, 6.45) is 6.67. The zero-order valence-corrected chi connectivity index (χ0v) is 23.8. The van der Waals surface area contributed by atoms with Gasteiger partial charge in [-0.1, -0.05) is 13.8 Å². The van der Waals surface area contributed by atoms with E-state index in [0.29, 0.717) is 62.9 Å². The Labute approximate surface area is 237 Å². The third-order valence-electron chi connectivity index (χ3n) is 7.02. The van der Waals surface area contributed by atoms with Crippen molar-refractivity contribution in [2.45, 2.75) is 51.5 Å². The molecule has 11 nitrogen and oxygen atoms in total. The van der Waals surface area contributed by atoms with Gasteiger partial charge in [0.15, 0.2) is 0 Å². The average Bonchev–Trinajstić information content (AvgIpc) is 3.43. The van der Waals surface area contributed by atoms with E-state index in [2.05, 4.69) is 19.2 Å².